The molecule has 1 aliphatic rings. The zero-order chi connectivity index (χ0) is 13.7. The van der Waals surface area contributed by atoms with E-state index in [0.717, 1.165) is 51.0 Å². The molecule has 0 saturated carbocycles. The van der Waals surface area contributed by atoms with Crippen molar-refractivity contribution in [1.82, 2.24) is 10.3 Å². The van der Waals surface area contributed by atoms with E-state index in [-0.39, 0.29) is 0 Å². The molecule has 19 heavy (non-hydrogen) atoms. The van der Waals surface area contributed by atoms with Crippen LogP contribution in [0.5, 0.6) is 0 Å². The number of nitrogens with two attached hydrogens (primary N) is 1. The molecule has 5 nitrogen and oxygen atoms in total. The quantitative estimate of drug-likeness (QED) is 0.642. The average molecular weight is 262 g/mol. The second kappa shape index (κ2) is 6.52. The summed E-state index contributed by atoms with van der Waals surface area (Å²) >= 11 is 0. The lowest BCUT2D eigenvalue weighted by atomic mass is 10.1. The van der Waals surface area contributed by atoms with E-state index in [2.05, 4.69) is 22.5 Å². The van der Waals surface area contributed by atoms with Crippen LogP contribution in [0.25, 0.3) is 0 Å². The largest absolute Gasteiger partial charge is 0.369 e. The number of aryl methyl sites for hydroxylation is 2. The number of carbonyl (C=O) groups excluding carboxylic acids is 1. The zero-order valence-corrected chi connectivity index (χ0v) is 11.5. The molecule has 1 aromatic rings. The molecular weight excluding hydrogens is 240 g/mol. The SMILES string of the molecule is CCNCCCNc1nc2c(cc1C(N)=O)CCC2. The highest BCUT2D eigenvalue weighted by Gasteiger charge is 2.18. The number of pyridine rings is 1. The van der Waals surface area contributed by atoms with Gasteiger partial charge in [-0.2, -0.15) is 0 Å². The molecule has 2 rings (SSSR count). The maximum absolute atomic E-state index is 11.5. The molecule has 0 fully saturated rings. The number of amides is 1. The lowest BCUT2D eigenvalue weighted by molar-refractivity contribution is 0.100. The van der Waals surface area contributed by atoms with Crippen molar-refractivity contribution >= 4 is 11.7 Å². The van der Waals surface area contributed by atoms with Gasteiger partial charge in [-0.3, -0.25) is 4.79 Å². The van der Waals surface area contributed by atoms with Gasteiger partial charge in [-0.1, -0.05) is 6.92 Å². The number of nitrogens with one attached hydrogen (secondary N) is 2. The van der Waals surface area contributed by atoms with Gasteiger partial charge in [0.15, 0.2) is 0 Å². The average Bonchev–Trinajstić information content (AvgIpc) is 2.84. The summed E-state index contributed by atoms with van der Waals surface area (Å²) in [4.78, 5) is 16.0. The molecule has 1 aliphatic carbocycles. The highest BCUT2D eigenvalue weighted by atomic mass is 16.1. The van der Waals surface area contributed by atoms with Crippen molar-refractivity contribution in [2.75, 3.05) is 25.0 Å². The molecule has 1 heterocycles. The van der Waals surface area contributed by atoms with Crippen molar-refractivity contribution in [1.29, 1.82) is 0 Å². The first-order valence-electron chi connectivity index (χ1n) is 6.99. The Morgan fingerprint density at radius 1 is 1.42 bits per heavy atom. The molecule has 0 spiro atoms. The monoisotopic (exact) mass is 262 g/mol. The van der Waals surface area contributed by atoms with Gasteiger partial charge in [-0.15, -0.1) is 0 Å². The minimum atomic E-state index is -0.406. The summed E-state index contributed by atoms with van der Waals surface area (Å²) in [5, 5.41) is 6.49. The van der Waals surface area contributed by atoms with Crippen LogP contribution in [0.15, 0.2) is 6.07 Å². The molecule has 0 aliphatic heterocycles. The Bertz CT molecular complexity index is 459. The normalized spacial score (nSPS) is 13.3. The van der Waals surface area contributed by atoms with Gasteiger partial charge in [-0.25, -0.2) is 4.98 Å². The van der Waals surface area contributed by atoms with Crippen LogP contribution >= 0.6 is 0 Å². The van der Waals surface area contributed by atoms with E-state index in [4.69, 9.17) is 5.73 Å². The van der Waals surface area contributed by atoms with Crippen molar-refractivity contribution in [3.63, 3.8) is 0 Å². The fourth-order valence-electron chi connectivity index (χ4n) is 2.39. The van der Waals surface area contributed by atoms with Crippen molar-refractivity contribution in [3.05, 3.63) is 22.9 Å². The Kier molecular flexibility index (Phi) is 4.74. The van der Waals surface area contributed by atoms with Crippen LogP contribution in [-0.2, 0) is 12.8 Å². The van der Waals surface area contributed by atoms with Crippen LogP contribution in [0.2, 0.25) is 0 Å². The van der Waals surface area contributed by atoms with Gasteiger partial charge in [0.1, 0.15) is 5.82 Å². The lowest BCUT2D eigenvalue weighted by Gasteiger charge is -2.11. The lowest BCUT2D eigenvalue weighted by Crippen LogP contribution is -2.20. The standard InChI is InChI=1S/C14H22N4O/c1-2-16-7-4-8-17-14-11(13(15)19)9-10-5-3-6-12(10)18-14/h9,16H,2-8H2,1H3,(H2,15,19)(H,17,18). The predicted molar refractivity (Wildman–Crippen MR) is 76.4 cm³/mol. The molecule has 0 radical (unpaired) electrons. The molecule has 4 N–H and O–H groups in total. The van der Waals surface area contributed by atoms with Gasteiger partial charge >= 0.3 is 0 Å². The Morgan fingerprint density at radius 2 is 2.26 bits per heavy atom. The molecule has 1 amide bonds. The van der Waals surface area contributed by atoms with Crippen LogP contribution in [0.1, 0.15) is 41.4 Å². The summed E-state index contributed by atoms with van der Waals surface area (Å²) in [6, 6.07) is 1.91. The maximum atomic E-state index is 11.5. The third kappa shape index (κ3) is 3.44. The summed E-state index contributed by atoms with van der Waals surface area (Å²) in [6.07, 6.45) is 4.11. The maximum Gasteiger partial charge on any atom is 0.252 e. The first kappa shape index (κ1) is 13.8. The van der Waals surface area contributed by atoms with Crippen LogP contribution in [0.4, 0.5) is 5.82 Å². The highest BCUT2D eigenvalue weighted by Crippen LogP contribution is 2.25. The smallest absolute Gasteiger partial charge is 0.252 e. The molecule has 104 valence electrons. The van der Waals surface area contributed by atoms with Gasteiger partial charge in [-0.05, 0) is 50.4 Å². The Morgan fingerprint density at radius 3 is 3.00 bits per heavy atom. The Balaban J connectivity index is 2.03. The fraction of sp³-hybridized carbons (Fsp3) is 0.571. The van der Waals surface area contributed by atoms with Gasteiger partial charge in [0.05, 0.1) is 5.56 Å². The van der Waals surface area contributed by atoms with Crippen LogP contribution in [0.3, 0.4) is 0 Å². The Hall–Kier alpha value is -1.62. The number of anilines is 1. The topological polar surface area (TPSA) is 80.0 Å². The molecule has 1 aromatic heterocycles. The number of hydrogen-bond donors (Lipinski definition) is 3. The third-order valence-corrected chi connectivity index (χ3v) is 3.39. The van der Waals surface area contributed by atoms with E-state index in [1.807, 2.05) is 6.07 Å². The Labute approximate surface area is 114 Å². The predicted octanol–water partition coefficient (Wildman–Crippen LogP) is 1.08. The molecule has 0 bridgehead atoms. The number of primary amides is 1. The minimum absolute atomic E-state index is 0.406. The van der Waals surface area contributed by atoms with E-state index in [1.54, 1.807) is 0 Å². The number of rotatable bonds is 7. The van der Waals surface area contributed by atoms with E-state index in [0.29, 0.717) is 11.4 Å². The first-order chi connectivity index (χ1) is 9.22. The molecule has 0 unspecified atom stereocenters. The number of aromatic nitrogens is 1. The van der Waals surface area contributed by atoms with Crippen molar-refractivity contribution in [2.24, 2.45) is 5.73 Å². The fourth-order valence-corrected chi connectivity index (χ4v) is 2.39. The second-order valence-corrected chi connectivity index (χ2v) is 4.84. The van der Waals surface area contributed by atoms with Crippen LogP contribution < -0.4 is 16.4 Å². The van der Waals surface area contributed by atoms with Crippen molar-refractivity contribution < 1.29 is 4.79 Å². The van der Waals surface area contributed by atoms with Gasteiger partial charge < -0.3 is 16.4 Å². The molecular formula is C14H22N4O. The number of carbonyl (C=O) groups is 1. The van der Waals surface area contributed by atoms with Crippen molar-refractivity contribution in [3.8, 4) is 0 Å². The van der Waals surface area contributed by atoms with Crippen LogP contribution in [-0.4, -0.2) is 30.5 Å². The summed E-state index contributed by atoms with van der Waals surface area (Å²) in [5.74, 6) is 0.237. The van der Waals surface area contributed by atoms with Gasteiger partial charge in [0.2, 0.25) is 0 Å². The molecule has 5 heteroatoms. The second-order valence-electron chi connectivity index (χ2n) is 4.84. The zero-order valence-electron chi connectivity index (χ0n) is 11.5. The summed E-state index contributed by atoms with van der Waals surface area (Å²) in [6.45, 7) is 4.81. The van der Waals surface area contributed by atoms with Crippen LogP contribution in [0, 0.1) is 0 Å². The minimum Gasteiger partial charge on any atom is -0.369 e. The van der Waals surface area contributed by atoms with Gasteiger partial charge in [0.25, 0.3) is 5.91 Å². The highest BCUT2D eigenvalue weighted by molar-refractivity contribution is 5.97. The summed E-state index contributed by atoms with van der Waals surface area (Å²) in [7, 11) is 0. The van der Waals surface area contributed by atoms with Crippen molar-refractivity contribution in [2.45, 2.75) is 32.6 Å². The third-order valence-electron chi connectivity index (χ3n) is 3.39. The van der Waals surface area contributed by atoms with E-state index < -0.39 is 5.91 Å². The summed E-state index contributed by atoms with van der Waals surface area (Å²) < 4.78 is 0. The van der Waals surface area contributed by atoms with E-state index >= 15 is 0 Å². The van der Waals surface area contributed by atoms with E-state index in [1.165, 1.54) is 5.56 Å². The molecule has 0 atom stereocenters. The van der Waals surface area contributed by atoms with Gasteiger partial charge in [0, 0.05) is 12.2 Å². The number of fused-ring (bicyclic) bond motifs is 1. The number of hydrogen-bond acceptors (Lipinski definition) is 4. The molecule has 0 saturated heterocycles. The number of nitrogens with zero attached hydrogens (tertiary/aromatic N) is 1. The summed E-state index contributed by atoms with van der Waals surface area (Å²) in [5.41, 5.74) is 8.23. The van der Waals surface area contributed by atoms with E-state index in [9.17, 15) is 4.79 Å². The first-order valence-corrected chi connectivity index (χ1v) is 6.99. The molecule has 0 aromatic carbocycles.